The molecule has 2 rings (SSSR count). The van der Waals surface area contributed by atoms with Crippen LogP contribution in [-0.4, -0.2) is 24.0 Å². The number of nitrogens with one attached hydrogen (secondary N) is 2. The molecule has 5 nitrogen and oxygen atoms in total. The smallest absolute Gasteiger partial charge is 0.257 e. The van der Waals surface area contributed by atoms with Crippen LogP contribution in [0.3, 0.4) is 0 Å². The lowest BCUT2D eigenvalue weighted by Gasteiger charge is -2.16. The van der Waals surface area contributed by atoms with Crippen LogP contribution in [0.15, 0.2) is 48.5 Å². The van der Waals surface area contributed by atoms with Gasteiger partial charge in [0.05, 0.1) is 0 Å². The van der Waals surface area contributed by atoms with Gasteiger partial charge < -0.3 is 10.2 Å². The van der Waals surface area contributed by atoms with Crippen LogP contribution < -0.4 is 15.5 Å². The van der Waals surface area contributed by atoms with Gasteiger partial charge in [-0.2, -0.15) is 0 Å². The number of aryl methyl sites for hydroxylation is 1. The maximum atomic E-state index is 12.2. The maximum absolute atomic E-state index is 12.2. The summed E-state index contributed by atoms with van der Waals surface area (Å²) in [6, 6.07) is 14.5. The average molecular weight is 341 g/mol. The van der Waals surface area contributed by atoms with Gasteiger partial charge in [0.15, 0.2) is 5.11 Å². The molecule has 0 unspecified atom stereocenters. The van der Waals surface area contributed by atoms with Gasteiger partial charge in [0.25, 0.3) is 5.91 Å². The second-order valence-corrected chi connectivity index (χ2v) is 5.76. The fourth-order valence-electron chi connectivity index (χ4n) is 2.11. The van der Waals surface area contributed by atoms with Crippen LogP contribution in [0.25, 0.3) is 0 Å². The first kappa shape index (κ1) is 17.6. The number of hydrogen-bond donors (Lipinski definition) is 2. The van der Waals surface area contributed by atoms with E-state index in [2.05, 4.69) is 10.6 Å². The van der Waals surface area contributed by atoms with Gasteiger partial charge >= 0.3 is 0 Å². The first-order valence-corrected chi connectivity index (χ1v) is 7.81. The molecule has 0 fully saturated rings. The summed E-state index contributed by atoms with van der Waals surface area (Å²) in [7, 11) is 1.71. The van der Waals surface area contributed by atoms with Crippen LogP contribution in [0, 0.1) is 6.92 Å². The number of benzene rings is 2. The monoisotopic (exact) mass is 341 g/mol. The Morgan fingerprint density at radius 3 is 2.25 bits per heavy atom. The highest BCUT2D eigenvalue weighted by Crippen LogP contribution is 2.17. The first-order chi connectivity index (χ1) is 11.4. The summed E-state index contributed by atoms with van der Waals surface area (Å²) >= 11 is 5.17. The van der Waals surface area contributed by atoms with Crippen LogP contribution in [0.5, 0.6) is 0 Å². The van der Waals surface area contributed by atoms with Crippen molar-refractivity contribution >= 4 is 40.5 Å². The zero-order valence-electron chi connectivity index (χ0n) is 13.8. The highest BCUT2D eigenvalue weighted by Gasteiger charge is 2.10. The maximum Gasteiger partial charge on any atom is 0.257 e. The number of carbonyl (C=O) groups excluding carboxylic acids is 2. The summed E-state index contributed by atoms with van der Waals surface area (Å²) in [6.45, 7) is 3.37. The Labute approximate surface area is 146 Å². The van der Waals surface area contributed by atoms with Crippen LogP contribution in [-0.2, 0) is 4.79 Å². The molecule has 0 saturated carbocycles. The van der Waals surface area contributed by atoms with Crippen molar-refractivity contribution in [2.75, 3.05) is 17.3 Å². The first-order valence-electron chi connectivity index (χ1n) is 7.41. The third-order valence-corrected chi connectivity index (χ3v) is 3.81. The fourth-order valence-corrected chi connectivity index (χ4v) is 2.32. The molecule has 24 heavy (non-hydrogen) atoms. The fraction of sp³-hybridized carbons (Fsp3) is 0.167. The SMILES string of the molecule is CC(=O)N(C)c1ccc(NC(=S)NC(=O)c2ccccc2C)cc1. The number of nitrogens with zero attached hydrogens (tertiary/aromatic N) is 1. The molecule has 0 aromatic heterocycles. The van der Waals surface area contributed by atoms with Crippen molar-refractivity contribution in [1.29, 1.82) is 0 Å². The van der Waals surface area contributed by atoms with Gasteiger partial charge in [-0.05, 0) is 55.0 Å². The highest BCUT2D eigenvalue weighted by atomic mass is 32.1. The molecule has 124 valence electrons. The van der Waals surface area contributed by atoms with E-state index in [0.717, 1.165) is 16.9 Å². The molecule has 6 heteroatoms. The molecule has 0 spiro atoms. The number of rotatable bonds is 3. The summed E-state index contributed by atoms with van der Waals surface area (Å²) < 4.78 is 0. The number of anilines is 2. The number of carbonyl (C=O) groups is 2. The molecule has 2 aromatic carbocycles. The van der Waals surface area contributed by atoms with Crippen molar-refractivity contribution in [2.45, 2.75) is 13.8 Å². The minimum Gasteiger partial charge on any atom is -0.332 e. The number of amides is 2. The van der Waals surface area contributed by atoms with Crippen molar-refractivity contribution < 1.29 is 9.59 Å². The Kier molecular flexibility index (Phi) is 5.65. The van der Waals surface area contributed by atoms with Crippen molar-refractivity contribution in [2.24, 2.45) is 0 Å². The molecular weight excluding hydrogens is 322 g/mol. The highest BCUT2D eigenvalue weighted by molar-refractivity contribution is 7.80. The predicted octanol–water partition coefficient (Wildman–Crippen LogP) is 3.10. The predicted molar refractivity (Wildman–Crippen MR) is 100 cm³/mol. The van der Waals surface area contributed by atoms with E-state index in [9.17, 15) is 9.59 Å². The molecular formula is C18H19N3O2S. The topological polar surface area (TPSA) is 61.4 Å². The van der Waals surface area contributed by atoms with Crippen molar-refractivity contribution in [1.82, 2.24) is 5.32 Å². The van der Waals surface area contributed by atoms with E-state index >= 15 is 0 Å². The Hall–Kier alpha value is -2.73. The van der Waals surface area contributed by atoms with E-state index in [0.29, 0.717) is 5.56 Å². The van der Waals surface area contributed by atoms with Crippen LogP contribution >= 0.6 is 12.2 Å². The van der Waals surface area contributed by atoms with Gasteiger partial charge in [-0.15, -0.1) is 0 Å². The average Bonchev–Trinajstić information content (AvgIpc) is 2.55. The van der Waals surface area contributed by atoms with Crippen molar-refractivity contribution in [3.63, 3.8) is 0 Å². The standard InChI is InChI=1S/C18H19N3O2S/c1-12-6-4-5-7-16(12)17(23)20-18(24)19-14-8-10-15(11-9-14)21(3)13(2)22/h4-11H,1-3H3,(H2,19,20,23,24). The third-order valence-electron chi connectivity index (χ3n) is 3.60. The van der Waals surface area contributed by atoms with Crippen molar-refractivity contribution in [3.05, 3.63) is 59.7 Å². The molecule has 0 aliphatic heterocycles. The normalized spacial score (nSPS) is 9.96. The second kappa shape index (κ2) is 7.70. The molecule has 0 atom stereocenters. The van der Waals surface area contributed by atoms with Crippen LogP contribution in [0.1, 0.15) is 22.8 Å². The van der Waals surface area contributed by atoms with Gasteiger partial charge in [0.1, 0.15) is 0 Å². The Balaban J connectivity index is 1.99. The Morgan fingerprint density at radius 2 is 1.67 bits per heavy atom. The van der Waals surface area contributed by atoms with E-state index in [-0.39, 0.29) is 16.9 Å². The molecule has 2 aromatic rings. The minimum absolute atomic E-state index is 0.0447. The summed E-state index contributed by atoms with van der Waals surface area (Å²) in [5.41, 5.74) is 2.98. The van der Waals surface area contributed by atoms with Crippen LogP contribution in [0.4, 0.5) is 11.4 Å². The van der Waals surface area contributed by atoms with E-state index in [1.165, 1.54) is 6.92 Å². The molecule has 2 amide bonds. The van der Waals surface area contributed by atoms with Crippen LogP contribution in [0.2, 0.25) is 0 Å². The van der Waals surface area contributed by atoms with Gasteiger partial charge in [0, 0.05) is 30.9 Å². The van der Waals surface area contributed by atoms with E-state index < -0.39 is 0 Å². The van der Waals surface area contributed by atoms with Gasteiger partial charge in [-0.3, -0.25) is 14.9 Å². The van der Waals surface area contributed by atoms with Gasteiger partial charge in [-0.25, -0.2) is 0 Å². The lowest BCUT2D eigenvalue weighted by molar-refractivity contribution is -0.116. The lowest BCUT2D eigenvalue weighted by Crippen LogP contribution is -2.34. The van der Waals surface area contributed by atoms with Gasteiger partial charge in [0.2, 0.25) is 5.91 Å². The quantitative estimate of drug-likeness (QED) is 0.842. The molecule has 0 saturated heterocycles. The van der Waals surface area contributed by atoms with E-state index in [1.807, 2.05) is 25.1 Å². The summed E-state index contributed by atoms with van der Waals surface area (Å²) in [6.07, 6.45) is 0. The summed E-state index contributed by atoms with van der Waals surface area (Å²) in [5.74, 6) is -0.296. The molecule has 0 aliphatic carbocycles. The van der Waals surface area contributed by atoms with E-state index in [4.69, 9.17) is 12.2 Å². The lowest BCUT2D eigenvalue weighted by atomic mass is 10.1. The molecule has 0 heterocycles. The minimum atomic E-state index is -0.251. The summed E-state index contributed by atoms with van der Waals surface area (Å²) in [5, 5.41) is 5.83. The zero-order valence-corrected chi connectivity index (χ0v) is 14.6. The summed E-state index contributed by atoms with van der Waals surface area (Å²) in [4.78, 5) is 25.1. The zero-order chi connectivity index (χ0) is 17.7. The Morgan fingerprint density at radius 1 is 1.04 bits per heavy atom. The Bertz CT molecular complexity index is 772. The third kappa shape index (κ3) is 4.39. The van der Waals surface area contributed by atoms with Gasteiger partial charge in [-0.1, -0.05) is 18.2 Å². The molecule has 0 radical (unpaired) electrons. The van der Waals surface area contributed by atoms with Crippen molar-refractivity contribution in [3.8, 4) is 0 Å². The molecule has 2 N–H and O–H groups in total. The second-order valence-electron chi connectivity index (χ2n) is 5.35. The molecule has 0 bridgehead atoms. The molecule has 0 aliphatic rings. The number of thiocarbonyl (C=S) groups is 1. The van der Waals surface area contributed by atoms with E-state index in [1.54, 1.807) is 42.3 Å². The number of hydrogen-bond acceptors (Lipinski definition) is 3. The largest absolute Gasteiger partial charge is 0.332 e.